The third-order valence-electron chi connectivity index (χ3n) is 1.85. The molecule has 1 unspecified atom stereocenters. The van der Waals surface area contributed by atoms with Crippen LogP contribution in [0.3, 0.4) is 0 Å². The summed E-state index contributed by atoms with van der Waals surface area (Å²) in [7, 11) is 1.52. The van der Waals surface area contributed by atoms with Crippen LogP contribution < -0.4 is 10.2 Å². The molecule has 5 heteroatoms. The van der Waals surface area contributed by atoms with Gasteiger partial charge in [-0.3, -0.25) is 0 Å². The molecular weight excluding hydrogens is 206 g/mol. The molecule has 0 aromatic heterocycles. The average Bonchev–Trinajstić information content (AvgIpc) is 2.18. The zero-order valence-electron chi connectivity index (χ0n) is 7.70. The first kappa shape index (κ1) is 11.3. The van der Waals surface area contributed by atoms with E-state index in [4.69, 9.17) is 21.5 Å². The molecule has 0 aliphatic carbocycles. The molecule has 0 spiro atoms. The summed E-state index contributed by atoms with van der Waals surface area (Å²) in [6.07, 6.45) is -0.789. The van der Waals surface area contributed by atoms with Crippen molar-refractivity contribution >= 4 is 11.6 Å². The fourth-order valence-corrected chi connectivity index (χ4v) is 1.36. The largest absolute Gasteiger partial charge is 0.495 e. The Morgan fingerprint density at radius 3 is 2.79 bits per heavy atom. The van der Waals surface area contributed by atoms with Crippen LogP contribution >= 0.6 is 11.6 Å². The van der Waals surface area contributed by atoms with E-state index in [0.717, 1.165) is 0 Å². The van der Waals surface area contributed by atoms with E-state index in [1.807, 2.05) is 5.48 Å². The van der Waals surface area contributed by atoms with E-state index in [2.05, 4.69) is 0 Å². The van der Waals surface area contributed by atoms with Crippen LogP contribution in [0.15, 0.2) is 18.2 Å². The molecule has 1 aromatic rings. The second-order valence-corrected chi connectivity index (χ2v) is 3.18. The molecule has 0 aliphatic rings. The van der Waals surface area contributed by atoms with Gasteiger partial charge >= 0.3 is 0 Å². The van der Waals surface area contributed by atoms with Gasteiger partial charge in [-0.15, -0.1) is 0 Å². The normalized spacial score (nSPS) is 12.6. The first-order valence-corrected chi connectivity index (χ1v) is 4.45. The van der Waals surface area contributed by atoms with Crippen molar-refractivity contribution in [3.05, 3.63) is 28.8 Å². The van der Waals surface area contributed by atoms with Gasteiger partial charge in [-0.1, -0.05) is 17.7 Å². The van der Waals surface area contributed by atoms with Crippen LogP contribution in [0.2, 0.25) is 5.02 Å². The Balaban J connectivity index is 2.85. The highest BCUT2D eigenvalue weighted by atomic mass is 35.5. The summed E-state index contributed by atoms with van der Waals surface area (Å²) in [5.41, 5.74) is 2.51. The highest BCUT2D eigenvalue weighted by Crippen LogP contribution is 2.27. The lowest BCUT2D eigenvalue weighted by atomic mass is 10.1. The van der Waals surface area contributed by atoms with Gasteiger partial charge in [0.2, 0.25) is 0 Å². The van der Waals surface area contributed by atoms with E-state index in [0.29, 0.717) is 16.3 Å². The van der Waals surface area contributed by atoms with Crippen LogP contribution in [-0.2, 0) is 0 Å². The van der Waals surface area contributed by atoms with Gasteiger partial charge in [-0.05, 0) is 17.7 Å². The third kappa shape index (κ3) is 2.59. The number of aliphatic hydroxyl groups excluding tert-OH is 1. The van der Waals surface area contributed by atoms with E-state index >= 15 is 0 Å². The number of aliphatic hydroxyl groups is 1. The predicted octanol–water partition coefficient (Wildman–Crippen LogP) is 1.36. The van der Waals surface area contributed by atoms with Gasteiger partial charge in [0.15, 0.2) is 0 Å². The lowest BCUT2D eigenvalue weighted by molar-refractivity contribution is 0.0921. The quantitative estimate of drug-likeness (QED) is 0.667. The number of ether oxygens (including phenoxy) is 1. The molecule has 0 fully saturated rings. The van der Waals surface area contributed by atoms with Crippen molar-refractivity contribution in [1.29, 1.82) is 0 Å². The van der Waals surface area contributed by atoms with E-state index in [9.17, 15) is 5.11 Å². The highest BCUT2D eigenvalue weighted by molar-refractivity contribution is 6.32. The Labute approximate surface area is 87.0 Å². The Hall–Kier alpha value is -0.810. The lowest BCUT2D eigenvalue weighted by Crippen LogP contribution is -2.17. The molecule has 0 radical (unpaired) electrons. The molecule has 4 nitrogen and oxygen atoms in total. The van der Waals surface area contributed by atoms with E-state index in [-0.39, 0.29) is 6.54 Å². The van der Waals surface area contributed by atoms with Crippen LogP contribution in [0.25, 0.3) is 0 Å². The minimum atomic E-state index is -0.789. The Bertz CT molecular complexity index is 306. The Kier molecular flexibility index (Phi) is 4.16. The predicted molar refractivity (Wildman–Crippen MR) is 52.8 cm³/mol. The van der Waals surface area contributed by atoms with E-state index in [1.54, 1.807) is 18.2 Å². The third-order valence-corrected chi connectivity index (χ3v) is 2.14. The fraction of sp³-hybridized carbons (Fsp3) is 0.333. The maximum absolute atomic E-state index is 9.49. The first-order chi connectivity index (χ1) is 6.69. The average molecular weight is 218 g/mol. The second-order valence-electron chi connectivity index (χ2n) is 2.77. The number of nitrogens with one attached hydrogen (secondary N) is 1. The van der Waals surface area contributed by atoms with Crippen molar-refractivity contribution in [2.24, 2.45) is 0 Å². The van der Waals surface area contributed by atoms with Gasteiger partial charge in [0.1, 0.15) is 5.75 Å². The number of rotatable bonds is 4. The number of halogens is 1. The smallest absolute Gasteiger partial charge is 0.137 e. The van der Waals surface area contributed by atoms with Crippen LogP contribution in [0.4, 0.5) is 0 Å². The summed E-state index contributed by atoms with van der Waals surface area (Å²) in [6, 6.07) is 4.95. The van der Waals surface area contributed by atoms with Crippen molar-refractivity contribution in [2.75, 3.05) is 13.7 Å². The molecule has 3 N–H and O–H groups in total. The SMILES string of the molecule is COc1ccc(C(O)CNO)cc1Cl. The van der Waals surface area contributed by atoms with Crippen molar-refractivity contribution in [3.63, 3.8) is 0 Å². The molecule has 1 atom stereocenters. The molecule has 0 amide bonds. The maximum Gasteiger partial charge on any atom is 0.137 e. The topological polar surface area (TPSA) is 61.7 Å². The van der Waals surface area contributed by atoms with Crippen molar-refractivity contribution in [1.82, 2.24) is 5.48 Å². The second kappa shape index (κ2) is 5.17. The maximum atomic E-state index is 9.49. The van der Waals surface area contributed by atoms with Crippen LogP contribution in [0, 0.1) is 0 Å². The Morgan fingerprint density at radius 2 is 2.29 bits per heavy atom. The lowest BCUT2D eigenvalue weighted by Gasteiger charge is -2.11. The fourth-order valence-electron chi connectivity index (χ4n) is 1.09. The number of methoxy groups -OCH3 is 1. The van der Waals surface area contributed by atoms with Crippen molar-refractivity contribution in [3.8, 4) is 5.75 Å². The van der Waals surface area contributed by atoms with Crippen LogP contribution in [0.1, 0.15) is 11.7 Å². The Morgan fingerprint density at radius 1 is 1.57 bits per heavy atom. The standard InChI is InChI=1S/C9H12ClNO3/c1-14-9-3-2-6(4-7(9)10)8(12)5-11-13/h2-4,8,11-13H,5H2,1H3. The minimum absolute atomic E-state index is 0.0582. The van der Waals surface area contributed by atoms with Crippen LogP contribution in [0.5, 0.6) is 5.75 Å². The van der Waals surface area contributed by atoms with Gasteiger partial charge in [-0.25, -0.2) is 5.48 Å². The first-order valence-electron chi connectivity index (χ1n) is 4.07. The summed E-state index contributed by atoms with van der Waals surface area (Å²) in [5, 5.41) is 18.3. The van der Waals surface area contributed by atoms with Crippen molar-refractivity contribution < 1.29 is 15.1 Å². The molecular formula is C9H12ClNO3. The molecule has 1 rings (SSSR count). The van der Waals surface area contributed by atoms with Gasteiger partial charge in [0, 0.05) is 0 Å². The van der Waals surface area contributed by atoms with Gasteiger partial charge in [0.25, 0.3) is 0 Å². The molecule has 0 heterocycles. The molecule has 14 heavy (non-hydrogen) atoms. The number of hydroxylamine groups is 1. The number of hydrogen-bond donors (Lipinski definition) is 3. The monoisotopic (exact) mass is 217 g/mol. The summed E-state index contributed by atoms with van der Waals surface area (Å²) in [5.74, 6) is 0.555. The van der Waals surface area contributed by atoms with Crippen molar-refractivity contribution in [2.45, 2.75) is 6.10 Å². The van der Waals surface area contributed by atoms with Gasteiger partial charge in [0.05, 0.1) is 24.8 Å². The number of hydrogen-bond acceptors (Lipinski definition) is 4. The highest BCUT2D eigenvalue weighted by Gasteiger charge is 2.09. The molecule has 0 bridgehead atoms. The summed E-state index contributed by atoms with van der Waals surface area (Å²) < 4.78 is 4.96. The van der Waals surface area contributed by atoms with Crippen LogP contribution in [-0.4, -0.2) is 24.0 Å². The summed E-state index contributed by atoms with van der Waals surface area (Å²) in [4.78, 5) is 0. The summed E-state index contributed by atoms with van der Waals surface area (Å²) in [6.45, 7) is 0.0582. The van der Waals surface area contributed by atoms with E-state index in [1.165, 1.54) is 7.11 Å². The van der Waals surface area contributed by atoms with Gasteiger partial charge in [-0.2, -0.15) is 0 Å². The molecule has 78 valence electrons. The molecule has 0 aliphatic heterocycles. The number of benzene rings is 1. The molecule has 0 saturated heterocycles. The zero-order valence-corrected chi connectivity index (χ0v) is 8.45. The molecule has 0 saturated carbocycles. The van der Waals surface area contributed by atoms with Gasteiger partial charge < -0.3 is 15.1 Å². The van der Waals surface area contributed by atoms with E-state index < -0.39 is 6.10 Å². The zero-order chi connectivity index (χ0) is 10.6. The minimum Gasteiger partial charge on any atom is -0.495 e. The summed E-state index contributed by atoms with van der Waals surface area (Å²) >= 11 is 5.85. The molecule has 1 aromatic carbocycles.